The first kappa shape index (κ1) is 70.7. The summed E-state index contributed by atoms with van der Waals surface area (Å²) in [5.74, 6) is 4.84. The lowest BCUT2D eigenvalue weighted by atomic mass is 10.1. The zero-order valence-corrected chi connectivity index (χ0v) is 58.4. The molecule has 0 N–H and O–H groups in total. The van der Waals surface area contributed by atoms with Gasteiger partial charge in [0, 0.05) is 83.5 Å². The fourth-order valence-corrected chi connectivity index (χ4v) is 11.1. The van der Waals surface area contributed by atoms with Crippen molar-refractivity contribution in [2.45, 2.75) is 78.3 Å². The van der Waals surface area contributed by atoms with Crippen LogP contribution in [-0.2, 0) is 6.18 Å². The molecule has 0 amide bonds. The number of hydrogen-bond acceptors (Lipinski definition) is 8. The minimum atomic E-state index is -4.33. The number of hydrogen-bond donors (Lipinski definition) is 0. The van der Waals surface area contributed by atoms with Gasteiger partial charge in [0.05, 0.1) is 5.56 Å². The summed E-state index contributed by atoms with van der Waals surface area (Å²) in [6, 6.07) is 91.8. The monoisotopic (exact) mass is 1310 g/mol. The Kier molecular flexibility index (Phi) is 24.2. The largest absolute Gasteiger partial charge is 0.457 e. The lowest BCUT2D eigenvalue weighted by Gasteiger charge is -2.22. The van der Waals surface area contributed by atoms with Crippen molar-refractivity contribution >= 4 is 57.3 Å². The highest BCUT2D eigenvalue weighted by Crippen LogP contribution is 2.36. The van der Waals surface area contributed by atoms with E-state index in [4.69, 9.17) is 14.2 Å². The number of alkyl halides is 3. The molecule has 97 heavy (non-hydrogen) atoms. The van der Waals surface area contributed by atoms with Gasteiger partial charge in [-0.15, -0.1) is 0 Å². The van der Waals surface area contributed by atoms with E-state index in [9.17, 15) is 13.2 Å². The molecule has 0 saturated carbocycles. The zero-order valence-electron chi connectivity index (χ0n) is 57.6. The van der Waals surface area contributed by atoms with Gasteiger partial charge < -0.3 is 33.8 Å². The number of halogens is 3. The zero-order chi connectivity index (χ0) is 69.2. The Bertz CT molecular complexity index is 4420. The fraction of sp³-hybridized carbons (Fsp3) is 0.163. The highest BCUT2D eigenvalue weighted by molar-refractivity contribution is 7.99. The molecular formula is C86H85F3N4O3S. The Morgan fingerprint density at radius 1 is 0.247 bits per heavy atom. The molecule has 12 aromatic rings. The van der Waals surface area contributed by atoms with Crippen molar-refractivity contribution in [2.75, 3.05) is 47.8 Å². The molecule has 0 unspecified atom stereocenters. The Balaban J connectivity index is 0.000000152. The van der Waals surface area contributed by atoms with Crippen LogP contribution in [0.4, 0.5) is 58.7 Å². The van der Waals surface area contributed by atoms with E-state index in [1.807, 2.05) is 109 Å². The van der Waals surface area contributed by atoms with Crippen LogP contribution in [0.1, 0.15) is 55.6 Å². The van der Waals surface area contributed by atoms with Gasteiger partial charge in [-0.25, -0.2) is 0 Å². The van der Waals surface area contributed by atoms with Crippen LogP contribution in [0.2, 0.25) is 0 Å². The first-order valence-corrected chi connectivity index (χ1v) is 33.0. The van der Waals surface area contributed by atoms with Crippen molar-refractivity contribution in [1.29, 1.82) is 0 Å². The van der Waals surface area contributed by atoms with Crippen molar-refractivity contribution in [3.05, 3.63) is 335 Å². The lowest BCUT2D eigenvalue weighted by Crippen LogP contribution is -2.10. The van der Waals surface area contributed by atoms with Gasteiger partial charge in [-0.2, -0.15) is 13.2 Å². The topological polar surface area (TPSA) is 40.7 Å². The van der Waals surface area contributed by atoms with E-state index in [0.717, 1.165) is 63.5 Å². The molecule has 0 aliphatic rings. The summed E-state index contributed by atoms with van der Waals surface area (Å²) in [4.78, 5) is 10.9. The maximum Gasteiger partial charge on any atom is 0.416 e. The van der Waals surface area contributed by atoms with E-state index in [2.05, 4.69) is 249 Å². The van der Waals surface area contributed by atoms with Crippen molar-refractivity contribution in [2.24, 2.45) is 0 Å². The molecular weight excluding hydrogens is 1230 g/mol. The Morgan fingerprint density at radius 2 is 0.505 bits per heavy atom. The van der Waals surface area contributed by atoms with Crippen LogP contribution in [0.5, 0.6) is 34.5 Å². The number of anilines is 8. The summed E-state index contributed by atoms with van der Waals surface area (Å²) in [6.45, 7) is 18.9. The molecule has 0 heterocycles. The van der Waals surface area contributed by atoms with Crippen molar-refractivity contribution in [3.8, 4) is 34.5 Å². The molecule has 12 aromatic carbocycles. The van der Waals surface area contributed by atoms with Crippen LogP contribution in [0.15, 0.2) is 289 Å². The first-order chi connectivity index (χ1) is 46.5. The Morgan fingerprint density at radius 3 is 0.845 bits per heavy atom. The predicted molar refractivity (Wildman–Crippen MR) is 402 cm³/mol. The fourth-order valence-electron chi connectivity index (χ4n) is 10.3. The molecule has 0 saturated heterocycles. The molecule has 12 rings (SSSR count). The SMILES string of the molecule is Cc1ccc(Oc2ccc(N(C)c3ccc(C(F)(F)F)cc3)cc2)cc1.Cc1ccc(Oc2ccc(N(C)c3ccc(C)c(C)c3)cc2)cc1.Cc1ccc(Oc2ccc(N(C)c3ccc(C)cc3C)cc2)cc1.Cc1ccc(Sc2ccc(N(C)c3ccc(C)cc3)cc2)cc1. The van der Waals surface area contributed by atoms with Crippen molar-refractivity contribution in [3.63, 3.8) is 0 Å². The molecule has 0 bridgehead atoms. The van der Waals surface area contributed by atoms with E-state index in [1.165, 1.54) is 89.2 Å². The number of nitrogens with zero attached hydrogens (tertiary/aromatic N) is 4. The summed E-state index contributed by atoms with van der Waals surface area (Å²) in [5.41, 5.74) is 19.3. The Hall–Kier alpha value is -10.6. The lowest BCUT2D eigenvalue weighted by molar-refractivity contribution is -0.137. The molecule has 0 atom stereocenters. The van der Waals surface area contributed by atoms with E-state index in [1.54, 1.807) is 18.8 Å². The van der Waals surface area contributed by atoms with Gasteiger partial charge in [0.25, 0.3) is 0 Å². The number of ether oxygens (including phenoxy) is 3. The van der Waals surface area contributed by atoms with Crippen LogP contribution < -0.4 is 33.8 Å². The van der Waals surface area contributed by atoms with Crippen LogP contribution in [-0.4, -0.2) is 28.2 Å². The van der Waals surface area contributed by atoms with Crippen molar-refractivity contribution < 1.29 is 27.4 Å². The second-order valence-electron chi connectivity index (χ2n) is 24.3. The quantitative estimate of drug-likeness (QED) is 0.0948. The van der Waals surface area contributed by atoms with Gasteiger partial charge in [-0.05, 0) is 279 Å². The second kappa shape index (κ2) is 33.2. The van der Waals surface area contributed by atoms with Gasteiger partial charge >= 0.3 is 6.18 Å². The molecule has 0 aliphatic carbocycles. The summed E-state index contributed by atoms with van der Waals surface area (Å²) in [5, 5.41) is 0. The van der Waals surface area contributed by atoms with Gasteiger partial charge in [0.15, 0.2) is 0 Å². The third kappa shape index (κ3) is 20.7. The number of aryl methyl sites for hydroxylation is 9. The average Bonchev–Trinajstić information content (AvgIpc) is 0.955. The van der Waals surface area contributed by atoms with E-state index < -0.39 is 11.7 Å². The molecule has 0 spiro atoms. The highest BCUT2D eigenvalue weighted by atomic mass is 32.2. The molecule has 494 valence electrons. The normalized spacial score (nSPS) is 10.7. The molecule has 0 radical (unpaired) electrons. The molecule has 7 nitrogen and oxygen atoms in total. The molecule has 0 aromatic heterocycles. The standard InChI is InChI=1S/2C22H23NO.C21H18F3NO.C21H21NS/c1-16-5-10-20(11-6-16)24-21-12-8-19(9-13-21)23(4)22-14-7-17(2)15-18(22)3;1-16-5-11-21(12-6-16)24-22-13-9-19(10-14-22)23(4)20-8-7-17(2)18(3)15-20;1-15-3-11-19(12-4-15)26-20-13-9-18(10-14-20)25(2)17-7-5-16(6-8-17)21(22,23)24;1-16-4-8-18(9-5-16)22(3)19-10-14-21(15-11-19)23-20-12-6-17(2)7-13-20/h2*5-15H,1-4H3;3-14H,1-2H3;4-15H,1-3H3. The van der Waals surface area contributed by atoms with Crippen LogP contribution in [0, 0.1) is 62.3 Å². The predicted octanol–water partition coefficient (Wildman–Crippen LogP) is 25.1. The summed E-state index contributed by atoms with van der Waals surface area (Å²) in [6.07, 6.45) is -4.33. The van der Waals surface area contributed by atoms with Crippen LogP contribution >= 0.6 is 11.8 Å². The first-order valence-electron chi connectivity index (χ1n) is 32.2. The minimum absolute atomic E-state index is 0.656. The maximum absolute atomic E-state index is 12.7. The minimum Gasteiger partial charge on any atom is -0.457 e. The smallest absolute Gasteiger partial charge is 0.416 e. The van der Waals surface area contributed by atoms with E-state index in [-0.39, 0.29) is 0 Å². The summed E-state index contributed by atoms with van der Waals surface area (Å²) >= 11 is 1.80. The average molecular weight is 1310 g/mol. The summed E-state index contributed by atoms with van der Waals surface area (Å²) < 4.78 is 55.6. The Labute approximate surface area is 576 Å². The van der Waals surface area contributed by atoms with Gasteiger partial charge in [-0.1, -0.05) is 124 Å². The third-order valence-corrected chi connectivity index (χ3v) is 17.5. The maximum atomic E-state index is 12.7. The number of rotatable bonds is 16. The van der Waals surface area contributed by atoms with Crippen LogP contribution in [0.25, 0.3) is 0 Å². The van der Waals surface area contributed by atoms with Crippen LogP contribution in [0.3, 0.4) is 0 Å². The van der Waals surface area contributed by atoms with Gasteiger partial charge in [-0.3, -0.25) is 0 Å². The van der Waals surface area contributed by atoms with Gasteiger partial charge in [0.2, 0.25) is 0 Å². The van der Waals surface area contributed by atoms with Crippen molar-refractivity contribution in [1.82, 2.24) is 0 Å². The number of benzene rings is 12. The third-order valence-electron chi connectivity index (χ3n) is 16.5. The molecule has 0 fully saturated rings. The van der Waals surface area contributed by atoms with E-state index >= 15 is 0 Å². The summed E-state index contributed by atoms with van der Waals surface area (Å²) in [7, 11) is 8.08. The molecule has 11 heteroatoms. The van der Waals surface area contributed by atoms with E-state index in [0.29, 0.717) is 11.4 Å². The molecule has 0 aliphatic heterocycles. The second-order valence-corrected chi connectivity index (χ2v) is 25.5. The van der Waals surface area contributed by atoms with Gasteiger partial charge in [0.1, 0.15) is 34.5 Å². The highest BCUT2D eigenvalue weighted by Gasteiger charge is 2.30.